The van der Waals surface area contributed by atoms with Gasteiger partial charge in [-0.05, 0) is 37.3 Å². The van der Waals surface area contributed by atoms with E-state index < -0.39 is 19.9 Å². The number of rotatable bonds is 4. The summed E-state index contributed by atoms with van der Waals surface area (Å²) in [7, 11) is -7.65. The van der Waals surface area contributed by atoms with Gasteiger partial charge >= 0.3 is 0 Å². The molecular formula is C12H12ClNO5S2. The summed E-state index contributed by atoms with van der Waals surface area (Å²) in [6, 6.07) is 6.60. The van der Waals surface area contributed by atoms with Crippen molar-refractivity contribution in [2.75, 3.05) is 11.0 Å². The van der Waals surface area contributed by atoms with E-state index in [0.29, 0.717) is 5.76 Å². The van der Waals surface area contributed by atoms with E-state index in [1.165, 1.54) is 30.3 Å². The Kier molecular flexibility index (Phi) is 4.05. The topological polar surface area (TPSA) is 93.5 Å². The van der Waals surface area contributed by atoms with E-state index in [1.54, 1.807) is 6.92 Å². The fourth-order valence-corrected chi connectivity index (χ4v) is 3.77. The van der Waals surface area contributed by atoms with Gasteiger partial charge in [0, 0.05) is 11.3 Å². The molecule has 0 radical (unpaired) electrons. The number of anilines is 1. The fourth-order valence-electron chi connectivity index (χ4n) is 1.66. The Morgan fingerprint density at radius 3 is 2.29 bits per heavy atom. The molecule has 0 amide bonds. The van der Waals surface area contributed by atoms with Gasteiger partial charge in [-0.2, -0.15) is 8.42 Å². The van der Waals surface area contributed by atoms with Gasteiger partial charge in [0.25, 0.3) is 10.0 Å². The molecule has 21 heavy (non-hydrogen) atoms. The number of hydrogen-bond donors (Lipinski definition) is 1. The standard InChI is InChI=1S/C12H12ClNO5S2/c1-8-3-6-12(19-8)21(17,18)14-10-7-9(13)4-5-11(10)20(2,15)16/h3-7,14H,1-2H3. The van der Waals surface area contributed by atoms with Crippen molar-refractivity contribution < 1.29 is 21.3 Å². The summed E-state index contributed by atoms with van der Waals surface area (Å²) in [5, 5.41) is -0.102. The number of nitrogens with one attached hydrogen (secondary N) is 1. The van der Waals surface area contributed by atoms with E-state index >= 15 is 0 Å². The summed E-state index contributed by atoms with van der Waals surface area (Å²) in [5.41, 5.74) is -0.126. The molecule has 0 aliphatic carbocycles. The first-order valence-electron chi connectivity index (χ1n) is 5.68. The lowest BCUT2D eigenvalue weighted by atomic mass is 10.3. The van der Waals surface area contributed by atoms with Crippen molar-refractivity contribution in [3.8, 4) is 0 Å². The Hall–Kier alpha value is -1.51. The lowest BCUT2D eigenvalue weighted by Crippen LogP contribution is -2.14. The summed E-state index contributed by atoms with van der Waals surface area (Å²) in [5.74, 6) is 0.421. The molecule has 9 heteroatoms. The Labute approximate surface area is 127 Å². The predicted molar refractivity (Wildman–Crippen MR) is 78.8 cm³/mol. The van der Waals surface area contributed by atoms with Crippen LogP contribution in [0.3, 0.4) is 0 Å². The van der Waals surface area contributed by atoms with Crippen LogP contribution in [0.5, 0.6) is 0 Å². The number of furan rings is 1. The highest BCUT2D eigenvalue weighted by molar-refractivity contribution is 7.93. The van der Waals surface area contributed by atoms with Gasteiger partial charge in [0.2, 0.25) is 5.09 Å². The Balaban J connectivity index is 2.51. The van der Waals surface area contributed by atoms with Crippen LogP contribution in [0.25, 0.3) is 0 Å². The zero-order chi connectivity index (χ0) is 15.8. The largest absolute Gasteiger partial charge is 0.448 e. The lowest BCUT2D eigenvalue weighted by molar-refractivity contribution is 0.430. The first-order valence-corrected chi connectivity index (χ1v) is 9.44. The summed E-state index contributed by atoms with van der Waals surface area (Å²) in [6.07, 6.45) is 0.977. The van der Waals surface area contributed by atoms with Crippen LogP contribution >= 0.6 is 11.6 Å². The van der Waals surface area contributed by atoms with Gasteiger partial charge in [0.15, 0.2) is 9.84 Å². The van der Waals surface area contributed by atoms with Crippen LogP contribution in [0.1, 0.15) is 5.76 Å². The molecule has 1 heterocycles. The Bertz CT molecular complexity index is 884. The van der Waals surface area contributed by atoms with Crippen LogP contribution in [0.15, 0.2) is 44.7 Å². The number of benzene rings is 1. The van der Waals surface area contributed by atoms with Gasteiger partial charge in [0.1, 0.15) is 5.76 Å². The first kappa shape index (κ1) is 15.9. The van der Waals surface area contributed by atoms with Crippen LogP contribution in [0.4, 0.5) is 5.69 Å². The van der Waals surface area contributed by atoms with E-state index in [-0.39, 0.29) is 20.7 Å². The summed E-state index contributed by atoms with van der Waals surface area (Å²) in [6.45, 7) is 1.60. The molecule has 0 saturated carbocycles. The molecule has 1 aromatic heterocycles. The van der Waals surface area contributed by atoms with E-state index in [0.717, 1.165) is 6.26 Å². The van der Waals surface area contributed by atoms with Crippen molar-refractivity contribution in [3.63, 3.8) is 0 Å². The minimum atomic E-state index is -4.03. The van der Waals surface area contributed by atoms with Crippen molar-refractivity contribution in [2.45, 2.75) is 16.9 Å². The summed E-state index contributed by atoms with van der Waals surface area (Å²) in [4.78, 5) is -0.168. The molecule has 6 nitrogen and oxygen atoms in total. The molecule has 0 atom stereocenters. The zero-order valence-electron chi connectivity index (χ0n) is 11.1. The van der Waals surface area contributed by atoms with Crippen molar-refractivity contribution in [3.05, 3.63) is 41.1 Å². The van der Waals surface area contributed by atoms with E-state index in [9.17, 15) is 16.8 Å². The van der Waals surface area contributed by atoms with E-state index in [2.05, 4.69) is 4.72 Å². The molecule has 0 bridgehead atoms. The predicted octanol–water partition coefficient (Wildman–Crippen LogP) is 2.45. The monoisotopic (exact) mass is 349 g/mol. The number of aryl methyl sites for hydroxylation is 1. The number of halogens is 1. The molecule has 0 aliphatic heterocycles. The highest BCUT2D eigenvalue weighted by Crippen LogP contribution is 2.27. The SMILES string of the molecule is Cc1ccc(S(=O)(=O)Nc2cc(Cl)ccc2S(C)(=O)=O)o1. The maximum Gasteiger partial charge on any atom is 0.295 e. The molecule has 114 valence electrons. The third-order valence-corrected chi connectivity index (χ3v) is 5.19. The second-order valence-electron chi connectivity index (χ2n) is 4.38. The molecule has 2 rings (SSSR count). The van der Waals surface area contributed by atoms with Crippen LogP contribution in [-0.4, -0.2) is 23.1 Å². The maximum absolute atomic E-state index is 12.2. The maximum atomic E-state index is 12.2. The number of sulfonamides is 1. The molecule has 2 aromatic rings. The molecule has 1 aromatic carbocycles. The molecule has 0 spiro atoms. The van der Waals surface area contributed by atoms with Crippen LogP contribution in [0.2, 0.25) is 5.02 Å². The van der Waals surface area contributed by atoms with Crippen molar-refractivity contribution in [1.82, 2.24) is 0 Å². The normalized spacial score (nSPS) is 12.3. The molecular weight excluding hydrogens is 338 g/mol. The zero-order valence-corrected chi connectivity index (χ0v) is 13.5. The third kappa shape index (κ3) is 3.58. The second-order valence-corrected chi connectivity index (χ2v) is 8.42. The van der Waals surface area contributed by atoms with Gasteiger partial charge in [-0.15, -0.1) is 0 Å². The highest BCUT2D eigenvalue weighted by Gasteiger charge is 2.22. The second kappa shape index (κ2) is 5.36. The molecule has 0 saturated heterocycles. The minimum absolute atomic E-state index is 0.126. The molecule has 0 unspecified atom stereocenters. The number of sulfone groups is 1. The average molecular weight is 350 g/mol. The van der Waals surface area contributed by atoms with Gasteiger partial charge in [0.05, 0.1) is 10.6 Å². The smallest absolute Gasteiger partial charge is 0.295 e. The first-order chi connectivity index (χ1) is 9.59. The quantitative estimate of drug-likeness (QED) is 0.915. The van der Waals surface area contributed by atoms with Gasteiger partial charge in [-0.25, -0.2) is 8.42 Å². The minimum Gasteiger partial charge on any atom is -0.448 e. The van der Waals surface area contributed by atoms with Gasteiger partial charge < -0.3 is 4.42 Å². The van der Waals surface area contributed by atoms with Gasteiger partial charge in [-0.3, -0.25) is 4.72 Å². The van der Waals surface area contributed by atoms with Crippen LogP contribution < -0.4 is 4.72 Å². The van der Waals surface area contributed by atoms with Crippen LogP contribution in [0, 0.1) is 6.92 Å². The van der Waals surface area contributed by atoms with Crippen molar-refractivity contribution in [2.24, 2.45) is 0 Å². The van der Waals surface area contributed by atoms with E-state index in [4.69, 9.17) is 16.0 Å². The average Bonchev–Trinajstić information content (AvgIpc) is 2.74. The third-order valence-electron chi connectivity index (χ3n) is 2.57. The molecule has 0 aliphatic rings. The summed E-state index contributed by atoms with van der Waals surface area (Å²) < 4.78 is 54.9. The highest BCUT2D eigenvalue weighted by atomic mass is 35.5. The summed E-state index contributed by atoms with van der Waals surface area (Å²) >= 11 is 5.79. The van der Waals surface area contributed by atoms with Crippen LogP contribution in [-0.2, 0) is 19.9 Å². The van der Waals surface area contributed by atoms with Gasteiger partial charge in [-0.1, -0.05) is 11.6 Å². The number of hydrogen-bond acceptors (Lipinski definition) is 5. The Morgan fingerprint density at radius 1 is 1.10 bits per heavy atom. The molecule has 0 fully saturated rings. The molecule has 1 N–H and O–H groups in total. The van der Waals surface area contributed by atoms with Crippen molar-refractivity contribution in [1.29, 1.82) is 0 Å². The van der Waals surface area contributed by atoms with E-state index in [1.807, 2.05) is 0 Å². The Morgan fingerprint density at radius 2 is 1.76 bits per heavy atom. The fraction of sp³-hybridized carbons (Fsp3) is 0.167. The van der Waals surface area contributed by atoms with Crippen molar-refractivity contribution >= 4 is 37.1 Å². The lowest BCUT2D eigenvalue weighted by Gasteiger charge is -2.10.